The van der Waals surface area contributed by atoms with Gasteiger partial charge in [-0.05, 0) is 23.7 Å². The lowest BCUT2D eigenvalue weighted by atomic mass is 10.1. The van der Waals surface area contributed by atoms with Gasteiger partial charge in [0.05, 0.1) is 14.2 Å². The van der Waals surface area contributed by atoms with Crippen molar-refractivity contribution in [2.24, 2.45) is 0 Å². The first kappa shape index (κ1) is 16.7. The number of ether oxygens (including phenoxy) is 3. The average Bonchev–Trinajstić information content (AvgIpc) is 2.41. The summed E-state index contributed by atoms with van der Waals surface area (Å²) in [6.45, 7) is 7.38. The zero-order chi connectivity index (χ0) is 15.2. The van der Waals surface area contributed by atoms with Gasteiger partial charge in [0.15, 0.2) is 6.10 Å². The number of benzene rings is 1. The van der Waals surface area contributed by atoms with E-state index in [0.29, 0.717) is 12.4 Å². The average molecular weight is 296 g/mol. The van der Waals surface area contributed by atoms with Crippen LogP contribution in [0.2, 0.25) is 25.7 Å². The Hall–Kier alpha value is -1.33. The van der Waals surface area contributed by atoms with E-state index in [-0.39, 0.29) is 5.97 Å². The molecule has 0 aliphatic rings. The molecule has 0 saturated carbocycles. The summed E-state index contributed by atoms with van der Waals surface area (Å²) in [7, 11) is 1.78. The van der Waals surface area contributed by atoms with Gasteiger partial charge in [-0.25, -0.2) is 4.79 Å². The lowest BCUT2D eigenvalue weighted by Gasteiger charge is -2.20. The molecule has 0 radical (unpaired) electrons. The second kappa shape index (κ2) is 7.45. The Morgan fingerprint density at radius 1 is 1.25 bits per heavy atom. The first-order chi connectivity index (χ1) is 9.37. The molecule has 0 aliphatic carbocycles. The van der Waals surface area contributed by atoms with Gasteiger partial charge in [-0.1, -0.05) is 31.8 Å². The summed E-state index contributed by atoms with van der Waals surface area (Å²) < 4.78 is 15.8. The Balaban J connectivity index is 2.81. The fraction of sp³-hybridized carbons (Fsp3) is 0.533. The van der Waals surface area contributed by atoms with Crippen LogP contribution in [0.3, 0.4) is 0 Å². The zero-order valence-electron chi connectivity index (χ0n) is 12.9. The second-order valence-corrected chi connectivity index (χ2v) is 11.5. The second-order valence-electron chi connectivity index (χ2n) is 5.86. The zero-order valence-corrected chi connectivity index (χ0v) is 13.9. The Morgan fingerprint density at radius 2 is 1.95 bits per heavy atom. The number of carbonyl (C=O) groups excluding carboxylic acids is 1. The first-order valence-electron chi connectivity index (χ1n) is 6.71. The molecule has 0 spiro atoms. The van der Waals surface area contributed by atoms with E-state index in [0.717, 1.165) is 11.6 Å². The van der Waals surface area contributed by atoms with Crippen LogP contribution in [0.5, 0.6) is 5.75 Å². The maximum Gasteiger partial charge on any atom is 0.339 e. The molecule has 1 aromatic rings. The van der Waals surface area contributed by atoms with Crippen LogP contribution in [0.25, 0.3) is 0 Å². The van der Waals surface area contributed by atoms with Crippen LogP contribution < -0.4 is 4.74 Å². The number of methoxy groups -OCH3 is 2. The van der Waals surface area contributed by atoms with E-state index >= 15 is 0 Å². The molecule has 1 aromatic carbocycles. The standard InChI is InChI=1S/C15H24O4Si/c1-17-13-8-6-7-12(11-13)14(15(16)18-2)19-9-10-20(3,4)5/h6-8,11,14H,9-10H2,1-5H3/t14-/m1/s1. The highest BCUT2D eigenvalue weighted by molar-refractivity contribution is 6.76. The van der Waals surface area contributed by atoms with Crippen LogP contribution in [0.4, 0.5) is 0 Å². The summed E-state index contributed by atoms with van der Waals surface area (Å²) in [6, 6.07) is 8.32. The molecular formula is C15H24O4Si. The number of hydrogen-bond acceptors (Lipinski definition) is 4. The van der Waals surface area contributed by atoms with Gasteiger partial charge in [0.2, 0.25) is 0 Å². The molecule has 4 nitrogen and oxygen atoms in total. The van der Waals surface area contributed by atoms with Crippen LogP contribution in [0.1, 0.15) is 11.7 Å². The van der Waals surface area contributed by atoms with Gasteiger partial charge in [-0.15, -0.1) is 0 Å². The summed E-state index contributed by atoms with van der Waals surface area (Å²) in [6.07, 6.45) is -0.688. The quantitative estimate of drug-likeness (QED) is 0.572. The van der Waals surface area contributed by atoms with Crippen LogP contribution in [-0.4, -0.2) is 34.9 Å². The van der Waals surface area contributed by atoms with Crippen molar-refractivity contribution in [3.05, 3.63) is 29.8 Å². The van der Waals surface area contributed by atoms with Gasteiger partial charge >= 0.3 is 5.97 Å². The van der Waals surface area contributed by atoms with E-state index < -0.39 is 14.2 Å². The Kier molecular flexibility index (Phi) is 6.23. The van der Waals surface area contributed by atoms with Crippen LogP contribution in [-0.2, 0) is 14.3 Å². The van der Waals surface area contributed by atoms with E-state index in [9.17, 15) is 4.79 Å². The van der Waals surface area contributed by atoms with Crippen molar-refractivity contribution in [3.8, 4) is 5.75 Å². The fourth-order valence-electron chi connectivity index (χ4n) is 1.69. The molecular weight excluding hydrogens is 272 g/mol. The molecule has 0 aromatic heterocycles. The maximum absolute atomic E-state index is 11.9. The number of hydrogen-bond donors (Lipinski definition) is 0. The van der Waals surface area contributed by atoms with Crippen LogP contribution in [0, 0.1) is 0 Å². The number of carbonyl (C=O) groups is 1. The SMILES string of the molecule is COC(=O)[C@H](OCC[Si](C)(C)C)c1cccc(OC)c1. The minimum Gasteiger partial charge on any atom is -0.497 e. The lowest BCUT2D eigenvalue weighted by Crippen LogP contribution is -2.24. The van der Waals surface area contributed by atoms with Crippen molar-refractivity contribution in [2.75, 3.05) is 20.8 Å². The molecule has 0 heterocycles. The third-order valence-corrected chi connectivity index (χ3v) is 4.65. The minimum absolute atomic E-state index is 0.381. The molecule has 0 unspecified atom stereocenters. The molecule has 1 atom stereocenters. The van der Waals surface area contributed by atoms with Gasteiger partial charge in [-0.3, -0.25) is 0 Å². The normalized spacial score (nSPS) is 12.8. The van der Waals surface area contributed by atoms with Crippen molar-refractivity contribution in [2.45, 2.75) is 31.8 Å². The van der Waals surface area contributed by atoms with Gasteiger partial charge < -0.3 is 14.2 Å². The van der Waals surface area contributed by atoms with E-state index in [1.807, 2.05) is 18.2 Å². The topological polar surface area (TPSA) is 44.8 Å². The van der Waals surface area contributed by atoms with Gasteiger partial charge in [0.1, 0.15) is 5.75 Å². The molecule has 5 heteroatoms. The smallest absolute Gasteiger partial charge is 0.339 e. The molecule has 1 rings (SSSR count). The van der Waals surface area contributed by atoms with E-state index in [2.05, 4.69) is 19.6 Å². The highest BCUT2D eigenvalue weighted by Crippen LogP contribution is 2.24. The van der Waals surface area contributed by atoms with Crippen LogP contribution >= 0.6 is 0 Å². The van der Waals surface area contributed by atoms with Gasteiger partial charge in [0, 0.05) is 14.7 Å². The molecule has 0 saturated heterocycles. The molecule has 0 aliphatic heterocycles. The Bertz CT molecular complexity index is 440. The summed E-state index contributed by atoms with van der Waals surface area (Å²) in [4.78, 5) is 11.9. The number of esters is 1. The fourth-order valence-corrected chi connectivity index (χ4v) is 2.43. The minimum atomic E-state index is -1.19. The predicted octanol–water partition coefficient (Wildman–Crippen LogP) is 3.26. The molecule has 0 fully saturated rings. The van der Waals surface area contributed by atoms with Crippen molar-refractivity contribution in [1.82, 2.24) is 0 Å². The third-order valence-electron chi connectivity index (χ3n) is 2.95. The molecule has 0 N–H and O–H groups in total. The van der Waals surface area contributed by atoms with Crippen molar-refractivity contribution in [1.29, 1.82) is 0 Å². The van der Waals surface area contributed by atoms with E-state index in [1.54, 1.807) is 13.2 Å². The third kappa shape index (κ3) is 5.34. The summed E-state index contributed by atoms with van der Waals surface area (Å²) in [5.74, 6) is 0.319. The summed E-state index contributed by atoms with van der Waals surface area (Å²) in [5.41, 5.74) is 0.756. The molecule has 0 bridgehead atoms. The van der Waals surface area contributed by atoms with Crippen LogP contribution in [0.15, 0.2) is 24.3 Å². The Morgan fingerprint density at radius 3 is 2.50 bits per heavy atom. The van der Waals surface area contributed by atoms with E-state index in [4.69, 9.17) is 14.2 Å². The monoisotopic (exact) mass is 296 g/mol. The first-order valence-corrected chi connectivity index (χ1v) is 10.4. The van der Waals surface area contributed by atoms with E-state index in [1.165, 1.54) is 7.11 Å². The number of rotatable bonds is 7. The molecule has 20 heavy (non-hydrogen) atoms. The van der Waals surface area contributed by atoms with Gasteiger partial charge in [-0.2, -0.15) is 0 Å². The highest BCUT2D eigenvalue weighted by Gasteiger charge is 2.24. The summed E-state index contributed by atoms with van der Waals surface area (Å²) in [5, 5.41) is 0. The lowest BCUT2D eigenvalue weighted by molar-refractivity contribution is -0.154. The summed E-state index contributed by atoms with van der Waals surface area (Å²) >= 11 is 0. The maximum atomic E-state index is 11.9. The Labute approximate surface area is 122 Å². The largest absolute Gasteiger partial charge is 0.497 e. The highest BCUT2D eigenvalue weighted by atomic mass is 28.3. The van der Waals surface area contributed by atoms with Crippen molar-refractivity contribution in [3.63, 3.8) is 0 Å². The van der Waals surface area contributed by atoms with Gasteiger partial charge in [0.25, 0.3) is 0 Å². The predicted molar refractivity (Wildman–Crippen MR) is 81.9 cm³/mol. The molecule has 112 valence electrons. The molecule has 0 amide bonds. The van der Waals surface area contributed by atoms with Crippen molar-refractivity contribution < 1.29 is 19.0 Å². The van der Waals surface area contributed by atoms with Crippen molar-refractivity contribution >= 4 is 14.0 Å².